The van der Waals surface area contributed by atoms with Gasteiger partial charge in [-0.3, -0.25) is 0 Å². The molecule has 8 heteroatoms. The zero-order valence-electron chi connectivity index (χ0n) is 36.9. The number of anilines is 6. The lowest BCUT2D eigenvalue weighted by atomic mass is 9.93. The fourth-order valence-electron chi connectivity index (χ4n) is 9.34. The van der Waals surface area contributed by atoms with Gasteiger partial charge < -0.3 is 19.3 Å². The highest BCUT2D eigenvalue weighted by Gasteiger charge is 2.56. The van der Waals surface area contributed by atoms with Crippen molar-refractivity contribution < 1.29 is 14.4 Å². The van der Waals surface area contributed by atoms with E-state index in [4.69, 9.17) is 9.47 Å². The smallest absolute Gasteiger partial charge is 0.240 e. The summed E-state index contributed by atoms with van der Waals surface area (Å²) in [6.45, 7) is 0. The highest BCUT2D eigenvalue weighted by atomic mass is 32.1. The summed E-state index contributed by atoms with van der Waals surface area (Å²) in [6.07, 6.45) is 0. The highest BCUT2D eigenvalue weighted by Crippen LogP contribution is 2.63. The molecule has 3 heterocycles. The van der Waals surface area contributed by atoms with Gasteiger partial charge in [-0.1, -0.05) is 121 Å². The molecule has 0 saturated carbocycles. The molecular formula is C59H46N2O3PS2+. The van der Waals surface area contributed by atoms with Crippen LogP contribution >= 0.6 is 30.2 Å². The molecule has 0 aliphatic carbocycles. The first kappa shape index (κ1) is 42.4. The van der Waals surface area contributed by atoms with Gasteiger partial charge in [0.2, 0.25) is 7.49 Å². The average Bonchev–Trinajstić information content (AvgIpc) is 4.06. The number of ether oxygens (including phenoxy) is 2. The third-order valence-corrected chi connectivity index (χ3v) is 18.4. The summed E-state index contributed by atoms with van der Waals surface area (Å²) in [5.74, 6) is 1.22. The summed E-state index contributed by atoms with van der Waals surface area (Å²) in [7, 11) is 0.259. The number of benzene rings is 8. The Morgan fingerprint density at radius 1 is 0.403 bits per heavy atom. The first-order valence-electron chi connectivity index (χ1n) is 22.2. The fourth-order valence-corrected chi connectivity index (χ4v) is 16.0. The predicted molar refractivity (Wildman–Crippen MR) is 284 cm³/mol. The molecule has 0 radical (unpaired) electrons. The van der Waals surface area contributed by atoms with Crippen molar-refractivity contribution in [2.45, 2.75) is 5.92 Å². The number of rotatable bonds is 12. The minimum Gasteiger partial charge on any atom is -0.496 e. The number of nitrogens with zero attached hydrogens (tertiary/aromatic N) is 2. The quantitative estimate of drug-likeness (QED) is 0.124. The minimum atomic E-state index is -3.19. The van der Waals surface area contributed by atoms with Gasteiger partial charge in [0.25, 0.3) is 0 Å². The molecule has 11 rings (SSSR count). The second-order valence-corrected chi connectivity index (χ2v) is 21.2. The first-order valence-corrected chi connectivity index (χ1v) is 25.6. The third-order valence-electron chi connectivity index (χ3n) is 12.5. The molecule has 0 unspecified atom stereocenters. The Morgan fingerprint density at radius 3 is 1.07 bits per heavy atom. The van der Waals surface area contributed by atoms with Crippen LogP contribution in [0.15, 0.2) is 231 Å². The summed E-state index contributed by atoms with van der Waals surface area (Å²) in [5, 5.41) is 2.85. The van der Waals surface area contributed by atoms with E-state index in [1.54, 1.807) is 36.9 Å². The van der Waals surface area contributed by atoms with Gasteiger partial charge >= 0.3 is 0 Å². The minimum absolute atomic E-state index is 0.269. The number of fused-ring (bicyclic) bond motifs is 2. The van der Waals surface area contributed by atoms with E-state index in [1.807, 2.05) is 60.7 Å². The van der Waals surface area contributed by atoms with Gasteiger partial charge in [0.15, 0.2) is 0 Å². The zero-order chi connectivity index (χ0) is 45.3. The molecule has 0 atom stereocenters. The monoisotopic (exact) mass is 925 g/mol. The van der Waals surface area contributed by atoms with E-state index in [9.17, 15) is 4.89 Å². The van der Waals surface area contributed by atoms with Crippen molar-refractivity contribution in [3.8, 4) is 32.4 Å². The molecule has 0 fully saturated rings. The summed E-state index contributed by atoms with van der Waals surface area (Å²) >= 11 is 3.50. The molecule has 67 heavy (non-hydrogen) atoms. The van der Waals surface area contributed by atoms with Crippen molar-refractivity contribution in [1.29, 1.82) is 0 Å². The van der Waals surface area contributed by atoms with Gasteiger partial charge in [-0.05, 0) is 108 Å². The molecule has 0 amide bonds. The summed E-state index contributed by atoms with van der Waals surface area (Å²) < 4.78 is 12.3. The SMILES string of the molecule is COc1cccc(OC)c1C1c2sc(-c3ccc(N(c4ccccc4)c4ccccc4)cc3)cc2[P+](O)(c2ccccc2)c2cc(-c3ccc(N(c4ccccc4)c4ccccc4)cc3)sc21. The Hall–Kier alpha value is -7.25. The largest absolute Gasteiger partial charge is 0.496 e. The van der Waals surface area contributed by atoms with Gasteiger partial charge in [-0.2, -0.15) is 0 Å². The number of hydrogen-bond acceptors (Lipinski definition) is 7. The van der Waals surface area contributed by atoms with E-state index in [2.05, 4.69) is 180 Å². The van der Waals surface area contributed by atoms with Crippen molar-refractivity contribution >= 4 is 80.2 Å². The number of hydrogen-bond donors (Lipinski definition) is 1. The van der Waals surface area contributed by atoms with Crippen molar-refractivity contribution in [2.24, 2.45) is 0 Å². The molecule has 1 aliphatic rings. The molecule has 2 aromatic heterocycles. The molecule has 1 N–H and O–H groups in total. The topological polar surface area (TPSA) is 45.2 Å². The van der Waals surface area contributed by atoms with Crippen molar-refractivity contribution in [3.05, 3.63) is 246 Å². The van der Waals surface area contributed by atoms with E-state index < -0.39 is 7.49 Å². The van der Waals surface area contributed by atoms with Crippen LogP contribution in [0.2, 0.25) is 0 Å². The number of thiophene rings is 2. The molecule has 5 nitrogen and oxygen atoms in total. The van der Waals surface area contributed by atoms with E-state index >= 15 is 0 Å². The van der Waals surface area contributed by atoms with Crippen LogP contribution in [0.1, 0.15) is 21.2 Å². The molecular weight excluding hydrogens is 880 g/mol. The Morgan fingerprint density at radius 2 is 0.731 bits per heavy atom. The van der Waals surface area contributed by atoms with E-state index in [0.717, 1.165) is 97.7 Å². The van der Waals surface area contributed by atoms with Gasteiger partial charge in [-0.15, -0.1) is 22.7 Å². The predicted octanol–water partition coefficient (Wildman–Crippen LogP) is 14.8. The second-order valence-electron chi connectivity index (χ2n) is 16.3. The maximum Gasteiger partial charge on any atom is 0.240 e. The van der Waals surface area contributed by atoms with Crippen molar-refractivity contribution in [2.75, 3.05) is 24.0 Å². The highest BCUT2D eigenvalue weighted by molar-refractivity contribution is 7.91. The fraction of sp³-hybridized carbons (Fsp3) is 0.0508. The molecule has 0 bridgehead atoms. The summed E-state index contributed by atoms with van der Waals surface area (Å²) in [4.78, 5) is 22.8. The van der Waals surface area contributed by atoms with Crippen LogP contribution in [0.25, 0.3) is 20.9 Å². The molecule has 0 spiro atoms. The lowest BCUT2D eigenvalue weighted by Crippen LogP contribution is -2.37. The van der Waals surface area contributed by atoms with Crippen molar-refractivity contribution in [1.82, 2.24) is 0 Å². The lowest BCUT2D eigenvalue weighted by Gasteiger charge is -2.30. The van der Waals surface area contributed by atoms with Crippen LogP contribution in [0, 0.1) is 0 Å². The van der Waals surface area contributed by atoms with Crippen LogP contribution in [-0.4, -0.2) is 19.1 Å². The maximum atomic E-state index is 13.9. The normalized spacial score (nSPS) is 15.0. The Kier molecular flexibility index (Phi) is 11.5. The number of para-hydroxylation sites is 4. The average molecular weight is 926 g/mol. The molecule has 1 aliphatic heterocycles. The number of methoxy groups -OCH3 is 2. The van der Waals surface area contributed by atoms with Gasteiger partial charge in [0.1, 0.15) is 27.4 Å². The molecule has 10 aromatic rings. The van der Waals surface area contributed by atoms with Crippen LogP contribution in [-0.2, 0) is 0 Å². The van der Waals surface area contributed by atoms with Crippen LogP contribution in [0.5, 0.6) is 11.5 Å². The zero-order valence-corrected chi connectivity index (χ0v) is 39.5. The molecule has 0 saturated heterocycles. The Labute approximate surface area is 400 Å². The van der Waals surface area contributed by atoms with Crippen LogP contribution in [0.4, 0.5) is 34.1 Å². The Bertz CT molecular complexity index is 3000. The maximum absolute atomic E-state index is 13.9. The van der Waals surface area contributed by atoms with Crippen molar-refractivity contribution in [3.63, 3.8) is 0 Å². The van der Waals surface area contributed by atoms with Gasteiger partial charge in [0.05, 0.1) is 29.9 Å². The summed E-state index contributed by atoms with van der Waals surface area (Å²) in [5.41, 5.74) is 9.57. The van der Waals surface area contributed by atoms with Gasteiger partial charge in [0, 0.05) is 61.6 Å². The Balaban J connectivity index is 1.06. The van der Waals surface area contributed by atoms with E-state index in [0.29, 0.717) is 0 Å². The molecule has 8 aromatic carbocycles. The first-order chi connectivity index (χ1) is 33.0. The van der Waals surface area contributed by atoms with Crippen LogP contribution in [0.3, 0.4) is 0 Å². The molecule has 326 valence electrons. The van der Waals surface area contributed by atoms with Gasteiger partial charge in [-0.25, -0.2) is 4.89 Å². The second kappa shape index (κ2) is 18.2. The standard InChI is InChI=1S/C59H46N2O3PS2/c1-63-50-29-18-30-51(64-2)56(50)57-58-52(39-54(66-58)41-31-35-47(36-32-41)60(43-19-8-3-9-20-43)44-21-10-4-11-22-44)65(62,49-27-16-7-17-28-49)53-40-55(67-59(53)57)42-33-37-48(38-34-42)61(45-23-12-5-13-24-45)46-25-14-6-15-26-46/h3-40,57,62H,1-2H3/q+1. The van der Waals surface area contributed by atoms with Crippen LogP contribution < -0.4 is 35.2 Å². The third kappa shape index (κ3) is 7.70. The van der Waals surface area contributed by atoms with E-state index in [-0.39, 0.29) is 5.92 Å². The lowest BCUT2D eigenvalue weighted by molar-refractivity contribution is 0.385. The van der Waals surface area contributed by atoms with E-state index in [1.165, 1.54) is 0 Å². The summed E-state index contributed by atoms with van der Waals surface area (Å²) in [6, 6.07) is 80.3.